The predicted octanol–water partition coefficient (Wildman–Crippen LogP) is 5.78. The van der Waals surface area contributed by atoms with Crippen molar-refractivity contribution < 1.29 is 18.6 Å². The van der Waals surface area contributed by atoms with Gasteiger partial charge >= 0.3 is 0 Å². The second-order valence-electron chi connectivity index (χ2n) is 10.8. The van der Waals surface area contributed by atoms with Gasteiger partial charge in [-0.2, -0.15) is 0 Å². The molecule has 1 saturated heterocycles. The van der Waals surface area contributed by atoms with E-state index in [-0.39, 0.29) is 11.8 Å². The largest absolute Gasteiger partial charge is 0.444 e. The number of piperidine rings is 1. The van der Waals surface area contributed by atoms with Crippen molar-refractivity contribution in [1.82, 2.24) is 14.5 Å². The molecule has 2 aliphatic heterocycles. The fraction of sp³-hybridized carbons (Fsp3) is 0.355. The SMILES string of the molecule is COCCn1c(CN2CCC(c3cccc4c3OC(C)(c3ccc(Cl)cc3F)O4)CC2)nc2cc(C(=N)N)ccc21. The molecular weight excluding hydrogens is 545 g/mol. The van der Waals surface area contributed by atoms with E-state index in [9.17, 15) is 4.39 Å². The molecule has 4 aromatic rings. The Morgan fingerprint density at radius 1 is 1.17 bits per heavy atom. The molecule has 3 N–H and O–H groups in total. The number of aromatic nitrogens is 2. The van der Waals surface area contributed by atoms with Gasteiger partial charge in [0.2, 0.25) is 0 Å². The van der Waals surface area contributed by atoms with Crippen molar-refractivity contribution in [3.8, 4) is 11.5 Å². The Bertz CT molecular complexity index is 1620. The number of benzene rings is 3. The molecule has 3 aromatic carbocycles. The van der Waals surface area contributed by atoms with E-state index in [2.05, 4.69) is 15.5 Å². The van der Waals surface area contributed by atoms with E-state index in [0.717, 1.165) is 48.4 Å². The molecule has 3 heterocycles. The molecule has 1 atom stereocenters. The van der Waals surface area contributed by atoms with Crippen molar-refractivity contribution in [2.45, 2.75) is 44.6 Å². The van der Waals surface area contributed by atoms with E-state index in [1.54, 1.807) is 26.2 Å². The Morgan fingerprint density at radius 3 is 2.71 bits per heavy atom. The number of nitrogens with two attached hydrogens (primary N) is 1. The van der Waals surface area contributed by atoms with Crippen LogP contribution < -0.4 is 15.2 Å². The standard InChI is InChI=1S/C31H33ClFN5O3/c1-31(23-8-7-21(32)17-24(23)33)40-27-5-3-4-22(29(27)41-31)19-10-12-37(13-11-19)18-28-36-25-16-20(30(34)35)6-9-26(25)38(28)14-15-39-2/h3-9,16-17,19H,10-15,18H2,1-2H3,(H3,34,35). The Labute approximate surface area is 243 Å². The van der Waals surface area contributed by atoms with Gasteiger partial charge in [0, 0.05) is 36.7 Å². The van der Waals surface area contributed by atoms with E-state index < -0.39 is 11.6 Å². The van der Waals surface area contributed by atoms with Gasteiger partial charge in [0.1, 0.15) is 17.5 Å². The molecule has 0 amide bonds. The quantitative estimate of drug-likeness (QED) is 0.203. The molecule has 0 saturated carbocycles. The first kappa shape index (κ1) is 27.5. The van der Waals surface area contributed by atoms with Gasteiger partial charge in [-0.3, -0.25) is 10.3 Å². The van der Waals surface area contributed by atoms with Crippen LogP contribution in [0.3, 0.4) is 0 Å². The lowest BCUT2D eigenvalue weighted by Gasteiger charge is -2.32. The predicted molar refractivity (Wildman–Crippen MR) is 156 cm³/mol. The Balaban J connectivity index is 1.18. The highest BCUT2D eigenvalue weighted by atomic mass is 35.5. The zero-order valence-corrected chi connectivity index (χ0v) is 23.9. The maximum Gasteiger partial charge on any atom is 0.278 e. The van der Waals surface area contributed by atoms with Gasteiger partial charge in [-0.05, 0) is 74.3 Å². The van der Waals surface area contributed by atoms with Gasteiger partial charge < -0.3 is 24.5 Å². The van der Waals surface area contributed by atoms with E-state index in [0.29, 0.717) is 47.3 Å². The number of nitrogens with zero attached hydrogens (tertiary/aromatic N) is 3. The lowest BCUT2D eigenvalue weighted by Crippen LogP contribution is -2.34. The maximum absolute atomic E-state index is 14.8. The first-order valence-corrected chi connectivity index (χ1v) is 14.1. The number of hydrogen-bond donors (Lipinski definition) is 2. The van der Waals surface area contributed by atoms with Gasteiger partial charge in [-0.15, -0.1) is 0 Å². The van der Waals surface area contributed by atoms with Crippen LogP contribution in [0.4, 0.5) is 4.39 Å². The highest BCUT2D eigenvalue weighted by molar-refractivity contribution is 6.30. The Kier molecular flexibility index (Phi) is 7.36. The van der Waals surface area contributed by atoms with Crippen LogP contribution in [-0.2, 0) is 23.6 Å². The summed E-state index contributed by atoms with van der Waals surface area (Å²) in [7, 11) is 1.70. The van der Waals surface area contributed by atoms with Crippen LogP contribution in [0.5, 0.6) is 11.5 Å². The van der Waals surface area contributed by atoms with Crippen LogP contribution in [0.1, 0.15) is 48.2 Å². The van der Waals surface area contributed by atoms with Crippen LogP contribution in [0, 0.1) is 11.2 Å². The normalized spacial score (nSPS) is 19.2. The summed E-state index contributed by atoms with van der Waals surface area (Å²) < 4.78 is 34.9. The molecule has 8 nitrogen and oxygen atoms in total. The zero-order chi connectivity index (χ0) is 28.7. The minimum absolute atomic E-state index is 0.0300. The third kappa shape index (κ3) is 5.25. The molecule has 214 valence electrons. The van der Waals surface area contributed by atoms with Crippen LogP contribution in [0.2, 0.25) is 5.02 Å². The molecular formula is C31H33ClFN5O3. The van der Waals surface area contributed by atoms with Crippen molar-refractivity contribution in [2.24, 2.45) is 5.73 Å². The molecule has 2 aliphatic rings. The number of likely N-dealkylation sites (tertiary alicyclic amines) is 1. The molecule has 0 spiro atoms. The number of para-hydroxylation sites is 1. The van der Waals surface area contributed by atoms with Crippen molar-refractivity contribution in [1.29, 1.82) is 5.41 Å². The van der Waals surface area contributed by atoms with E-state index in [4.69, 9.17) is 41.9 Å². The number of ether oxygens (including phenoxy) is 3. The summed E-state index contributed by atoms with van der Waals surface area (Å²) in [6.45, 7) is 5.50. The Morgan fingerprint density at radius 2 is 1.98 bits per heavy atom. The van der Waals surface area contributed by atoms with E-state index in [1.165, 1.54) is 6.07 Å². The third-order valence-electron chi connectivity index (χ3n) is 8.08. The molecule has 1 unspecified atom stereocenters. The highest BCUT2D eigenvalue weighted by Gasteiger charge is 2.43. The second-order valence-corrected chi connectivity index (χ2v) is 11.2. The van der Waals surface area contributed by atoms with E-state index >= 15 is 0 Å². The molecule has 1 fully saturated rings. The number of rotatable bonds is 8. The molecule has 0 bridgehead atoms. The number of hydrogen-bond acceptors (Lipinski definition) is 6. The molecule has 0 radical (unpaired) electrons. The maximum atomic E-state index is 14.8. The van der Waals surface area contributed by atoms with Gasteiger partial charge in [-0.25, -0.2) is 9.37 Å². The summed E-state index contributed by atoms with van der Waals surface area (Å²) in [6.07, 6.45) is 1.89. The summed E-state index contributed by atoms with van der Waals surface area (Å²) in [5.41, 5.74) is 9.61. The average molecular weight is 578 g/mol. The van der Waals surface area contributed by atoms with Gasteiger partial charge in [0.05, 0.1) is 29.7 Å². The zero-order valence-electron chi connectivity index (χ0n) is 23.1. The fourth-order valence-corrected chi connectivity index (χ4v) is 6.10. The summed E-state index contributed by atoms with van der Waals surface area (Å²) >= 11 is 5.97. The van der Waals surface area contributed by atoms with Gasteiger partial charge in [-0.1, -0.05) is 23.7 Å². The number of nitrogens with one attached hydrogen (secondary N) is 1. The summed E-state index contributed by atoms with van der Waals surface area (Å²) in [5, 5.41) is 8.11. The van der Waals surface area contributed by atoms with Crippen molar-refractivity contribution in [3.05, 3.63) is 88.0 Å². The van der Waals surface area contributed by atoms with Crippen LogP contribution >= 0.6 is 11.6 Å². The lowest BCUT2D eigenvalue weighted by molar-refractivity contribution is -0.0712. The molecule has 6 rings (SSSR count). The Hall–Kier alpha value is -3.66. The van der Waals surface area contributed by atoms with Crippen LogP contribution in [0.25, 0.3) is 11.0 Å². The summed E-state index contributed by atoms with van der Waals surface area (Å²) in [4.78, 5) is 7.34. The first-order valence-electron chi connectivity index (χ1n) is 13.8. The monoisotopic (exact) mass is 577 g/mol. The number of imidazole rings is 1. The number of fused-ring (bicyclic) bond motifs is 2. The van der Waals surface area contributed by atoms with Crippen LogP contribution in [-0.4, -0.2) is 47.1 Å². The lowest BCUT2D eigenvalue weighted by atomic mass is 9.88. The van der Waals surface area contributed by atoms with Crippen LogP contribution in [0.15, 0.2) is 54.6 Å². The molecule has 41 heavy (non-hydrogen) atoms. The van der Waals surface area contributed by atoms with Crippen molar-refractivity contribution in [3.63, 3.8) is 0 Å². The van der Waals surface area contributed by atoms with Crippen molar-refractivity contribution >= 4 is 28.5 Å². The smallest absolute Gasteiger partial charge is 0.278 e. The topological polar surface area (TPSA) is 98.6 Å². The fourth-order valence-electron chi connectivity index (χ4n) is 5.94. The van der Waals surface area contributed by atoms with Gasteiger partial charge in [0.25, 0.3) is 5.79 Å². The summed E-state index contributed by atoms with van der Waals surface area (Å²) in [5.74, 6) is 0.863. The third-order valence-corrected chi connectivity index (χ3v) is 8.32. The minimum atomic E-state index is -1.27. The minimum Gasteiger partial charge on any atom is -0.444 e. The molecule has 0 aliphatic carbocycles. The molecule has 10 heteroatoms. The number of amidine groups is 1. The number of methoxy groups -OCH3 is 1. The van der Waals surface area contributed by atoms with Crippen molar-refractivity contribution in [2.75, 3.05) is 26.8 Å². The number of nitrogen functional groups attached to an aromatic ring is 1. The number of halogens is 2. The first-order chi connectivity index (χ1) is 19.8. The second kappa shape index (κ2) is 11.0. The van der Waals surface area contributed by atoms with Gasteiger partial charge in [0.15, 0.2) is 11.5 Å². The molecule has 1 aromatic heterocycles. The average Bonchev–Trinajstić information content (AvgIpc) is 3.48. The highest BCUT2D eigenvalue weighted by Crippen LogP contribution is 2.49. The van der Waals surface area contributed by atoms with E-state index in [1.807, 2.05) is 30.3 Å². The summed E-state index contributed by atoms with van der Waals surface area (Å²) in [6, 6.07) is 16.2.